The zero-order valence-corrected chi connectivity index (χ0v) is 12.9. The minimum atomic E-state index is 0.622. The molecule has 2 N–H and O–H groups in total. The van der Waals surface area contributed by atoms with Crippen LogP contribution in [0.15, 0.2) is 34.8 Å². The van der Waals surface area contributed by atoms with Crippen LogP contribution in [-0.2, 0) is 6.54 Å². The molecule has 0 radical (unpaired) electrons. The largest absolute Gasteiger partial charge is 0.366 e. The molecule has 0 unspecified atom stereocenters. The zero-order chi connectivity index (χ0) is 13.9. The Bertz CT molecular complexity index is 611. The molecule has 0 saturated heterocycles. The lowest BCUT2D eigenvalue weighted by atomic mass is 10.2. The quantitative estimate of drug-likeness (QED) is 0.875. The number of anilines is 2. The maximum atomic E-state index is 4.51. The molecular formula is C15H17BrN4. The molecule has 3 rings (SSSR count). The minimum absolute atomic E-state index is 0.622. The summed E-state index contributed by atoms with van der Waals surface area (Å²) in [4.78, 5) is 8.97. The van der Waals surface area contributed by atoms with E-state index in [-0.39, 0.29) is 0 Å². The summed E-state index contributed by atoms with van der Waals surface area (Å²) in [5, 5.41) is 6.40. The first-order valence-corrected chi connectivity index (χ1v) is 7.59. The van der Waals surface area contributed by atoms with E-state index in [1.807, 2.05) is 19.2 Å². The first-order chi connectivity index (χ1) is 9.74. The van der Waals surface area contributed by atoms with Crippen LogP contribution in [0.3, 0.4) is 0 Å². The summed E-state index contributed by atoms with van der Waals surface area (Å²) in [6, 6.07) is 10.3. The van der Waals surface area contributed by atoms with Gasteiger partial charge in [0.15, 0.2) is 0 Å². The Balaban J connectivity index is 1.74. The van der Waals surface area contributed by atoms with Crippen molar-refractivity contribution in [3.05, 3.63) is 46.1 Å². The Morgan fingerprint density at radius 3 is 2.80 bits per heavy atom. The van der Waals surface area contributed by atoms with Crippen LogP contribution in [-0.4, -0.2) is 17.0 Å². The molecule has 20 heavy (non-hydrogen) atoms. The van der Waals surface area contributed by atoms with Crippen LogP contribution in [0.2, 0.25) is 0 Å². The standard InChI is InChI=1S/C15H17BrN4/c1-17-15-19-13(11-5-6-11)8-14(20-15)18-9-10-3-2-4-12(16)7-10/h2-4,7-8,11H,5-6,9H2,1H3,(H2,17,18,19,20). The number of hydrogen-bond acceptors (Lipinski definition) is 4. The highest BCUT2D eigenvalue weighted by atomic mass is 79.9. The lowest BCUT2D eigenvalue weighted by Gasteiger charge is -2.09. The summed E-state index contributed by atoms with van der Waals surface area (Å²) in [6.07, 6.45) is 2.48. The van der Waals surface area contributed by atoms with Crippen molar-refractivity contribution in [3.63, 3.8) is 0 Å². The molecule has 0 amide bonds. The Hall–Kier alpha value is -1.62. The second-order valence-corrected chi connectivity index (χ2v) is 5.93. The highest BCUT2D eigenvalue weighted by molar-refractivity contribution is 9.10. The molecule has 2 aromatic rings. The van der Waals surface area contributed by atoms with E-state index in [0.29, 0.717) is 11.9 Å². The van der Waals surface area contributed by atoms with Crippen LogP contribution in [0.25, 0.3) is 0 Å². The van der Waals surface area contributed by atoms with E-state index in [4.69, 9.17) is 0 Å². The van der Waals surface area contributed by atoms with Crippen molar-refractivity contribution in [2.75, 3.05) is 17.7 Å². The molecule has 4 nitrogen and oxygen atoms in total. The third-order valence-electron chi connectivity index (χ3n) is 3.33. The molecule has 1 heterocycles. The molecule has 1 aromatic carbocycles. The van der Waals surface area contributed by atoms with Gasteiger partial charge in [-0.2, -0.15) is 4.98 Å². The van der Waals surface area contributed by atoms with Crippen molar-refractivity contribution in [1.82, 2.24) is 9.97 Å². The van der Waals surface area contributed by atoms with E-state index in [1.54, 1.807) is 0 Å². The van der Waals surface area contributed by atoms with Crippen LogP contribution in [0.4, 0.5) is 11.8 Å². The predicted molar refractivity (Wildman–Crippen MR) is 85.0 cm³/mol. The average molecular weight is 333 g/mol. The van der Waals surface area contributed by atoms with E-state index in [2.05, 4.69) is 54.7 Å². The van der Waals surface area contributed by atoms with Crippen LogP contribution in [0.5, 0.6) is 0 Å². The van der Waals surface area contributed by atoms with Crippen LogP contribution < -0.4 is 10.6 Å². The van der Waals surface area contributed by atoms with Crippen LogP contribution in [0, 0.1) is 0 Å². The SMILES string of the molecule is CNc1nc(NCc2cccc(Br)c2)cc(C2CC2)n1. The van der Waals surface area contributed by atoms with Gasteiger partial charge in [0.2, 0.25) is 5.95 Å². The van der Waals surface area contributed by atoms with E-state index in [1.165, 1.54) is 18.4 Å². The monoisotopic (exact) mass is 332 g/mol. The number of benzene rings is 1. The van der Waals surface area contributed by atoms with Gasteiger partial charge in [-0.25, -0.2) is 4.98 Å². The first-order valence-electron chi connectivity index (χ1n) is 6.79. The summed E-state index contributed by atoms with van der Waals surface area (Å²) in [7, 11) is 1.85. The van der Waals surface area contributed by atoms with Gasteiger partial charge in [-0.15, -0.1) is 0 Å². The fourth-order valence-electron chi connectivity index (χ4n) is 2.10. The van der Waals surface area contributed by atoms with Crippen LogP contribution in [0.1, 0.15) is 30.0 Å². The molecule has 0 atom stereocenters. The number of aromatic nitrogens is 2. The number of hydrogen-bond donors (Lipinski definition) is 2. The summed E-state index contributed by atoms with van der Waals surface area (Å²) < 4.78 is 1.09. The number of nitrogens with one attached hydrogen (secondary N) is 2. The highest BCUT2D eigenvalue weighted by Gasteiger charge is 2.26. The zero-order valence-electron chi connectivity index (χ0n) is 11.4. The minimum Gasteiger partial charge on any atom is -0.366 e. The molecule has 0 aliphatic heterocycles. The van der Waals surface area contributed by atoms with Crippen LogP contribution >= 0.6 is 15.9 Å². The Morgan fingerprint density at radius 2 is 2.10 bits per heavy atom. The van der Waals surface area contributed by atoms with Crippen molar-refractivity contribution >= 4 is 27.7 Å². The number of rotatable bonds is 5. The molecule has 5 heteroatoms. The van der Waals surface area contributed by atoms with E-state index in [9.17, 15) is 0 Å². The first kappa shape index (κ1) is 13.4. The van der Waals surface area contributed by atoms with Crippen molar-refractivity contribution in [1.29, 1.82) is 0 Å². The van der Waals surface area contributed by atoms with Gasteiger partial charge < -0.3 is 10.6 Å². The highest BCUT2D eigenvalue weighted by Crippen LogP contribution is 2.39. The Kier molecular flexibility index (Phi) is 3.87. The topological polar surface area (TPSA) is 49.8 Å². The summed E-state index contributed by atoms with van der Waals surface area (Å²) in [5.41, 5.74) is 2.36. The van der Waals surface area contributed by atoms with Crippen molar-refractivity contribution in [2.24, 2.45) is 0 Å². The predicted octanol–water partition coefficient (Wildman–Crippen LogP) is 3.77. The lowest BCUT2D eigenvalue weighted by molar-refractivity contribution is 0.979. The molecular weight excluding hydrogens is 316 g/mol. The summed E-state index contributed by atoms with van der Waals surface area (Å²) in [6.45, 7) is 0.754. The van der Waals surface area contributed by atoms with Crippen molar-refractivity contribution in [2.45, 2.75) is 25.3 Å². The van der Waals surface area contributed by atoms with E-state index in [0.717, 1.165) is 22.5 Å². The molecule has 104 valence electrons. The van der Waals surface area contributed by atoms with Gasteiger partial charge in [0.25, 0.3) is 0 Å². The maximum Gasteiger partial charge on any atom is 0.224 e. The number of halogens is 1. The smallest absolute Gasteiger partial charge is 0.224 e. The van der Waals surface area contributed by atoms with E-state index >= 15 is 0 Å². The van der Waals surface area contributed by atoms with Crippen molar-refractivity contribution in [3.8, 4) is 0 Å². The van der Waals surface area contributed by atoms with Gasteiger partial charge in [-0.05, 0) is 30.5 Å². The number of nitrogens with zero attached hydrogens (tertiary/aromatic N) is 2. The molecule has 1 aliphatic rings. The van der Waals surface area contributed by atoms with Crippen molar-refractivity contribution < 1.29 is 0 Å². The van der Waals surface area contributed by atoms with Gasteiger partial charge in [0.05, 0.1) is 5.69 Å². The third-order valence-corrected chi connectivity index (χ3v) is 3.82. The maximum absolute atomic E-state index is 4.51. The summed E-state index contributed by atoms with van der Waals surface area (Å²) in [5.74, 6) is 2.19. The Morgan fingerprint density at radius 1 is 1.25 bits per heavy atom. The van der Waals surface area contributed by atoms with Gasteiger partial charge in [0, 0.05) is 30.0 Å². The molecule has 1 aliphatic carbocycles. The average Bonchev–Trinajstić information content (AvgIpc) is 3.29. The van der Waals surface area contributed by atoms with E-state index < -0.39 is 0 Å². The molecule has 1 fully saturated rings. The van der Waals surface area contributed by atoms with Gasteiger partial charge in [0.1, 0.15) is 5.82 Å². The van der Waals surface area contributed by atoms with Gasteiger partial charge in [-0.1, -0.05) is 28.1 Å². The Labute approximate surface area is 127 Å². The molecule has 1 aromatic heterocycles. The fraction of sp³-hybridized carbons (Fsp3) is 0.333. The fourth-order valence-corrected chi connectivity index (χ4v) is 2.54. The van der Waals surface area contributed by atoms with Gasteiger partial charge in [-0.3, -0.25) is 0 Å². The molecule has 0 bridgehead atoms. The lowest BCUT2D eigenvalue weighted by Crippen LogP contribution is -2.06. The molecule has 1 saturated carbocycles. The normalized spacial score (nSPS) is 14.1. The molecule has 0 spiro atoms. The van der Waals surface area contributed by atoms with Gasteiger partial charge >= 0.3 is 0 Å². The summed E-state index contributed by atoms with van der Waals surface area (Å²) >= 11 is 3.49. The second kappa shape index (κ2) is 5.79. The third kappa shape index (κ3) is 3.28. The second-order valence-electron chi connectivity index (χ2n) is 5.01.